The number of rotatable bonds is 8. The van der Waals surface area contributed by atoms with E-state index in [1.807, 2.05) is 18.2 Å². The first kappa shape index (κ1) is 17.5. The molecular formula is C20H22N2O2. The Morgan fingerprint density at radius 1 is 1.00 bits per heavy atom. The van der Waals surface area contributed by atoms with Crippen molar-refractivity contribution in [2.75, 3.05) is 11.9 Å². The highest BCUT2D eigenvalue weighted by atomic mass is 16.2. The fraction of sp³-hybridized carbons (Fsp3) is 0.200. The van der Waals surface area contributed by atoms with Gasteiger partial charge in [0.2, 0.25) is 5.91 Å². The zero-order valence-corrected chi connectivity index (χ0v) is 13.6. The van der Waals surface area contributed by atoms with E-state index in [0.29, 0.717) is 24.2 Å². The molecule has 2 aromatic rings. The molecule has 2 amide bonds. The van der Waals surface area contributed by atoms with E-state index < -0.39 is 0 Å². The van der Waals surface area contributed by atoms with Crippen LogP contribution >= 0.6 is 0 Å². The lowest BCUT2D eigenvalue weighted by Gasteiger charge is -2.11. The van der Waals surface area contributed by atoms with Crippen LogP contribution in [0.5, 0.6) is 0 Å². The molecular weight excluding hydrogens is 300 g/mol. The minimum Gasteiger partial charge on any atom is -0.349 e. The van der Waals surface area contributed by atoms with Crippen LogP contribution in [0, 0.1) is 0 Å². The van der Waals surface area contributed by atoms with Gasteiger partial charge >= 0.3 is 0 Å². The van der Waals surface area contributed by atoms with Crippen molar-refractivity contribution in [2.24, 2.45) is 0 Å². The smallest absolute Gasteiger partial charge is 0.253 e. The topological polar surface area (TPSA) is 58.2 Å². The lowest BCUT2D eigenvalue weighted by molar-refractivity contribution is -0.116. The van der Waals surface area contributed by atoms with E-state index in [9.17, 15) is 9.59 Å². The maximum Gasteiger partial charge on any atom is 0.253 e. The van der Waals surface area contributed by atoms with Crippen molar-refractivity contribution in [1.82, 2.24) is 5.32 Å². The average Bonchev–Trinajstić information content (AvgIpc) is 2.61. The van der Waals surface area contributed by atoms with E-state index in [1.165, 1.54) is 5.56 Å². The molecule has 0 aromatic heterocycles. The van der Waals surface area contributed by atoms with E-state index in [2.05, 4.69) is 29.3 Å². The molecule has 4 heteroatoms. The number of carbonyl (C=O) groups excluding carboxylic acids is 2. The molecule has 2 aromatic carbocycles. The Bertz CT molecular complexity index is 696. The summed E-state index contributed by atoms with van der Waals surface area (Å²) in [6.07, 6.45) is 3.65. The van der Waals surface area contributed by atoms with Gasteiger partial charge in [-0.1, -0.05) is 48.5 Å². The maximum absolute atomic E-state index is 12.1. The number of carbonyl (C=O) groups is 2. The molecule has 0 aliphatic heterocycles. The van der Waals surface area contributed by atoms with Crippen molar-refractivity contribution in [3.8, 4) is 0 Å². The largest absolute Gasteiger partial charge is 0.349 e. The van der Waals surface area contributed by atoms with E-state index in [4.69, 9.17) is 0 Å². The second-order valence-electron chi connectivity index (χ2n) is 5.43. The van der Waals surface area contributed by atoms with Crippen LogP contribution in [0.25, 0.3) is 0 Å². The molecule has 2 rings (SSSR count). The zero-order valence-electron chi connectivity index (χ0n) is 13.6. The third-order valence-electron chi connectivity index (χ3n) is 3.56. The Labute approximate surface area is 142 Å². The third-order valence-corrected chi connectivity index (χ3v) is 3.56. The van der Waals surface area contributed by atoms with Crippen LogP contribution < -0.4 is 10.6 Å². The summed E-state index contributed by atoms with van der Waals surface area (Å²) >= 11 is 0. The molecule has 0 bridgehead atoms. The van der Waals surface area contributed by atoms with Crippen molar-refractivity contribution < 1.29 is 9.59 Å². The highest BCUT2D eigenvalue weighted by molar-refractivity contribution is 6.03. The minimum atomic E-state index is -0.227. The van der Waals surface area contributed by atoms with Crippen LogP contribution in [0.15, 0.2) is 67.3 Å². The van der Waals surface area contributed by atoms with E-state index in [0.717, 1.165) is 12.8 Å². The van der Waals surface area contributed by atoms with Gasteiger partial charge in [-0.25, -0.2) is 0 Å². The zero-order chi connectivity index (χ0) is 17.2. The molecule has 0 unspecified atom stereocenters. The lowest BCUT2D eigenvalue weighted by Crippen LogP contribution is -2.25. The number of benzene rings is 2. The molecule has 0 heterocycles. The Hall–Kier alpha value is -2.88. The number of nitrogens with one attached hydrogen (secondary N) is 2. The monoisotopic (exact) mass is 322 g/mol. The van der Waals surface area contributed by atoms with Gasteiger partial charge in [0.1, 0.15) is 0 Å². The van der Waals surface area contributed by atoms with Gasteiger partial charge in [0, 0.05) is 13.0 Å². The number of amides is 2. The van der Waals surface area contributed by atoms with Crippen molar-refractivity contribution in [3.63, 3.8) is 0 Å². The van der Waals surface area contributed by atoms with Crippen LogP contribution in [0.2, 0.25) is 0 Å². The van der Waals surface area contributed by atoms with Crippen LogP contribution in [-0.4, -0.2) is 18.4 Å². The normalized spacial score (nSPS) is 10.0. The van der Waals surface area contributed by atoms with E-state index in [-0.39, 0.29) is 11.8 Å². The summed E-state index contributed by atoms with van der Waals surface area (Å²) in [5, 5.41) is 5.55. The standard InChI is InChI=1S/C20H22N2O2/c1-2-15-21-20(24)17-12-6-7-13-18(17)22-19(23)14-8-11-16-9-4-3-5-10-16/h2-7,9-10,12-13H,1,8,11,14-15H2,(H,21,24)(H,22,23). The lowest BCUT2D eigenvalue weighted by atomic mass is 10.1. The summed E-state index contributed by atoms with van der Waals surface area (Å²) < 4.78 is 0. The number of anilines is 1. The van der Waals surface area contributed by atoms with Crippen LogP contribution in [-0.2, 0) is 11.2 Å². The SMILES string of the molecule is C=CCNC(=O)c1ccccc1NC(=O)CCCc1ccccc1. The maximum atomic E-state index is 12.1. The van der Waals surface area contributed by atoms with E-state index >= 15 is 0 Å². The molecule has 124 valence electrons. The number of hydrogen-bond acceptors (Lipinski definition) is 2. The minimum absolute atomic E-state index is 0.0881. The highest BCUT2D eigenvalue weighted by Gasteiger charge is 2.12. The Morgan fingerprint density at radius 3 is 2.46 bits per heavy atom. The molecule has 2 N–H and O–H groups in total. The van der Waals surface area contributed by atoms with Crippen molar-refractivity contribution in [2.45, 2.75) is 19.3 Å². The fourth-order valence-electron chi connectivity index (χ4n) is 2.36. The quantitative estimate of drug-likeness (QED) is 0.730. The van der Waals surface area contributed by atoms with Gasteiger partial charge in [-0.3, -0.25) is 9.59 Å². The van der Waals surface area contributed by atoms with Gasteiger partial charge in [-0.15, -0.1) is 6.58 Å². The second kappa shape index (κ2) is 9.30. The molecule has 0 saturated carbocycles. The number of para-hydroxylation sites is 1. The summed E-state index contributed by atoms with van der Waals surface area (Å²) in [4.78, 5) is 24.2. The summed E-state index contributed by atoms with van der Waals surface area (Å²) in [6.45, 7) is 3.96. The van der Waals surface area contributed by atoms with E-state index in [1.54, 1.807) is 30.3 Å². The van der Waals surface area contributed by atoms with Crippen molar-refractivity contribution >= 4 is 17.5 Å². The molecule has 0 radical (unpaired) electrons. The molecule has 0 saturated heterocycles. The molecule has 0 aliphatic rings. The molecule has 24 heavy (non-hydrogen) atoms. The highest BCUT2D eigenvalue weighted by Crippen LogP contribution is 2.16. The van der Waals surface area contributed by atoms with Gasteiger partial charge < -0.3 is 10.6 Å². The van der Waals surface area contributed by atoms with Crippen molar-refractivity contribution in [3.05, 3.63) is 78.4 Å². The summed E-state index contributed by atoms with van der Waals surface area (Å²) in [7, 11) is 0. The van der Waals surface area contributed by atoms with Gasteiger partial charge in [0.25, 0.3) is 5.91 Å². The summed E-state index contributed by atoms with van der Waals surface area (Å²) in [5.74, 6) is -0.315. The molecule has 0 atom stereocenters. The Kier molecular flexibility index (Phi) is 6.77. The van der Waals surface area contributed by atoms with Crippen molar-refractivity contribution in [1.29, 1.82) is 0 Å². The predicted octanol–water partition coefficient (Wildman–Crippen LogP) is 3.56. The number of hydrogen-bond donors (Lipinski definition) is 2. The first-order chi connectivity index (χ1) is 11.7. The Morgan fingerprint density at radius 2 is 1.71 bits per heavy atom. The average molecular weight is 322 g/mol. The molecule has 0 aliphatic carbocycles. The van der Waals surface area contributed by atoms with Crippen LogP contribution in [0.3, 0.4) is 0 Å². The van der Waals surface area contributed by atoms with Gasteiger partial charge in [-0.05, 0) is 30.5 Å². The van der Waals surface area contributed by atoms with Gasteiger partial charge in [0.05, 0.1) is 11.3 Å². The summed E-state index contributed by atoms with van der Waals surface area (Å²) in [6, 6.07) is 17.1. The Balaban J connectivity index is 1.89. The summed E-state index contributed by atoms with van der Waals surface area (Å²) in [5.41, 5.74) is 2.20. The van der Waals surface area contributed by atoms with Gasteiger partial charge in [0.15, 0.2) is 0 Å². The first-order valence-electron chi connectivity index (χ1n) is 8.02. The van der Waals surface area contributed by atoms with Crippen LogP contribution in [0.4, 0.5) is 5.69 Å². The van der Waals surface area contributed by atoms with Crippen LogP contribution in [0.1, 0.15) is 28.8 Å². The second-order valence-corrected chi connectivity index (χ2v) is 5.43. The first-order valence-corrected chi connectivity index (χ1v) is 8.02. The number of aryl methyl sites for hydroxylation is 1. The van der Waals surface area contributed by atoms with Gasteiger partial charge in [-0.2, -0.15) is 0 Å². The molecule has 0 fully saturated rings. The third kappa shape index (κ3) is 5.39. The predicted molar refractivity (Wildman–Crippen MR) is 97.0 cm³/mol. The fourth-order valence-corrected chi connectivity index (χ4v) is 2.36. The molecule has 4 nitrogen and oxygen atoms in total. The molecule has 0 spiro atoms.